The SMILES string of the molecule is CN(CCc1ccncc1)C(CN)C(F)(F)F. The third-order valence-electron chi connectivity index (χ3n) is 2.64. The van der Waals surface area contributed by atoms with E-state index in [2.05, 4.69) is 4.98 Å². The molecule has 1 atom stereocenters. The summed E-state index contributed by atoms with van der Waals surface area (Å²) in [6, 6.07) is 2.00. The second kappa shape index (κ2) is 5.97. The summed E-state index contributed by atoms with van der Waals surface area (Å²) >= 11 is 0. The van der Waals surface area contributed by atoms with Crippen molar-refractivity contribution in [1.29, 1.82) is 0 Å². The Labute approximate surface area is 98.4 Å². The molecule has 17 heavy (non-hydrogen) atoms. The zero-order valence-corrected chi connectivity index (χ0v) is 9.61. The summed E-state index contributed by atoms with van der Waals surface area (Å²) in [5.74, 6) is 0. The quantitative estimate of drug-likeness (QED) is 0.856. The lowest BCUT2D eigenvalue weighted by atomic mass is 10.1. The molecular formula is C11H16F3N3. The van der Waals surface area contributed by atoms with Crippen LogP contribution >= 0.6 is 0 Å². The Bertz CT molecular complexity index is 326. The van der Waals surface area contributed by atoms with Crippen molar-refractivity contribution in [2.45, 2.75) is 18.6 Å². The molecule has 1 rings (SSSR count). The molecule has 3 nitrogen and oxygen atoms in total. The number of alkyl halides is 3. The van der Waals surface area contributed by atoms with E-state index in [0.717, 1.165) is 5.56 Å². The van der Waals surface area contributed by atoms with E-state index < -0.39 is 18.8 Å². The lowest BCUT2D eigenvalue weighted by Crippen LogP contribution is -2.49. The van der Waals surface area contributed by atoms with Gasteiger partial charge in [-0.3, -0.25) is 9.88 Å². The Morgan fingerprint density at radius 2 is 1.94 bits per heavy atom. The molecule has 0 aromatic carbocycles. The number of halogens is 3. The van der Waals surface area contributed by atoms with Crippen molar-refractivity contribution in [2.24, 2.45) is 5.73 Å². The summed E-state index contributed by atoms with van der Waals surface area (Å²) in [6.07, 6.45) is -0.480. The molecule has 0 saturated carbocycles. The zero-order valence-electron chi connectivity index (χ0n) is 9.61. The predicted molar refractivity (Wildman–Crippen MR) is 59.5 cm³/mol. The maximum Gasteiger partial charge on any atom is 0.405 e. The average Bonchev–Trinajstić information content (AvgIpc) is 2.27. The maximum atomic E-state index is 12.6. The highest BCUT2D eigenvalue weighted by Crippen LogP contribution is 2.23. The summed E-state index contributed by atoms with van der Waals surface area (Å²) in [5, 5.41) is 0. The van der Waals surface area contributed by atoms with Crippen LogP contribution < -0.4 is 5.73 Å². The molecule has 1 heterocycles. The van der Waals surface area contributed by atoms with E-state index in [1.165, 1.54) is 11.9 Å². The molecule has 0 aliphatic rings. The first-order valence-corrected chi connectivity index (χ1v) is 5.31. The van der Waals surface area contributed by atoms with Crippen LogP contribution in [0.5, 0.6) is 0 Å². The number of rotatable bonds is 5. The number of nitrogens with two attached hydrogens (primary N) is 1. The first-order chi connectivity index (χ1) is 7.95. The molecule has 0 bridgehead atoms. The van der Waals surface area contributed by atoms with Crippen LogP contribution in [0.4, 0.5) is 13.2 Å². The normalized spacial score (nSPS) is 14.0. The highest BCUT2D eigenvalue weighted by Gasteiger charge is 2.40. The van der Waals surface area contributed by atoms with Gasteiger partial charge in [0.1, 0.15) is 6.04 Å². The standard InChI is InChI=1S/C11H16F3N3/c1-17(10(8-15)11(12,13)14)7-4-9-2-5-16-6-3-9/h2-3,5-6,10H,4,7-8,15H2,1H3. The van der Waals surface area contributed by atoms with E-state index in [9.17, 15) is 13.2 Å². The third-order valence-corrected chi connectivity index (χ3v) is 2.64. The van der Waals surface area contributed by atoms with Crippen molar-refractivity contribution in [3.63, 3.8) is 0 Å². The van der Waals surface area contributed by atoms with Crippen molar-refractivity contribution in [2.75, 3.05) is 20.1 Å². The van der Waals surface area contributed by atoms with Crippen molar-refractivity contribution < 1.29 is 13.2 Å². The summed E-state index contributed by atoms with van der Waals surface area (Å²) < 4.78 is 37.7. The first kappa shape index (κ1) is 13.9. The molecule has 1 unspecified atom stereocenters. The van der Waals surface area contributed by atoms with Crippen LogP contribution in [0.2, 0.25) is 0 Å². The Morgan fingerprint density at radius 1 is 1.35 bits per heavy atom. The number of hydrogen-bond donors (Lipinski definition) is 1. The van der Waals surface area contributed by atoms with Crippen molar-refractivity contribution in [1.82, 2.24) is 9.88 Å². The molecule has 6 heteroatoms. The second-order valence-electron chi connectivity index (χ2n) is 3.88. The van der Waals surface area contributed by atoms with Gasteiger partial charge in [0, 0.05) is 25.5 Å². The van der Waals surface area contributed by atoms with Crippen LogP contribution in [-0.2, 0) is 6.42 Å². The smallest absolute Gasteiger partial charge is 0.329 e. The van der Waals surface area contributed by atoms with E-state index in [1.807, 2.05) is 0 Å². The number of hydrogen-bond acceptors (Lipinski definition) is 3. The third kappa shape index (κ3) is 4.32. The van der Waals surface area contributed by atoms with Gasteiger partial charge in [-0.1, -0.05) is 0 Å². The molecule has 1 aromatic heterocycles. The Morgan fingerprint density at radius 3 is 2.41 bits per heavy atom. The van der Waals surface area contributed by atoms with Gasteiger partial charge in [0.2, 0.25) is 0 Å². The molecule has 0 fully saturated rings. The molecule has 2 N–H and O–H groups in total. The summed E-state index contributed by atoms with van der Waals surface area (Å²) in [7, 11) is 1.44. The minimum atomic E-state index is -4.28. The fourth-order valence-corrected chi connectivity index (χ4v) is 1.57. The number of nitrogens with zero attached hydrogens (tertiary/aromatic N) is 2. The molecule has 1 aromatic rings. The fourth-order valence-electron chi connectivity index (χ4n) is 1.57. The lowest BCUT2D eigenvalue weighted by Gasteiger charge is -2.28. The van der Waals surface area contributed by atoms with Gasteiger partial charge in [0.05, 0.1) is 0 Å². The predicted octanol–water partition coefficient (Wildman–Crippen LogP) is 1.45. The molecule has 0 spiro atoms. The monoisotopic (exact) mass is 247 g/mol. The van der Waals surface area contributed by atoms with Crippen LogP contribution in [0.1, 0.15) is 5.56 Å². The van der Waals surface area contributed by atoms with Gasteiger partial charge >= 0.3 is 6.18 Å². The molecule has 0 saturated heterocycles. The topological polar surface area (TPSA) is 42.2 Å². The molecular weight excluding hydrogens is 231 g/mol. The summed E-state index contributed by atoms with van der Waals surface area (Å²) in [6.45, 7) is -0.109. The van der Waals surface area contributed by atoms with Gasteiger partial charge < -0.3 is 5.73 Å². The Balaban J connectivity index is 2.51. The van der Waals surface area contributed by atoms with E-state index in [0.29, 0.717) is 13.0 Å². The minimum absolute atomic E-state index is 0.311. The van der Waals surface area contributed by atoms with Gasteiger partial charge in [-0.2, -0.15) is 13.2 Å². The first-order valence-electron chi connectivity index (χ1n) is 5.31. The van der Waals surface area contributed by atoms with Crippen LogP contribution in [0, 0.1) is 0 Å². The molecule has 0 radical (unpaired) electrons. The molecule has 0 aliphatic carbocycles. The van der Waals surface area contributed by atoms with Gasteiger partial charge in [0.15, 0.2) is 0 Å². The Hall–Kier alpha value is -1.14. The summed E-state index contributed by atoms with van der Waals surface area (Å²) in [4.78, 5) is 5.09. The molecule has 0 aliphatic heterocycles. The summed E-state index contributed by atoms with van der Waals surface area (Å²) in [5.41, 5.74) is 6.12. The zero-order chi connectivity index (χ0) is 12.9. The number of aromatic nitrogens is 1. The van der Waals surface area contributed by atoms with Gasteiger partial charge in [-0.15, -0.1) is 0 Å². The maximum absolute atomic E-state index is 12.6. The van der Waals surface area contributed by atoms with Gasteiger partial charge in [-0.25, -0.2) is 0 Å². The molecule has 0 amide bonds. The van der Waals surface area contributed by atoms with E-state index in [-0.39, 0.29) is 0 Å². The van der Waals surface area contributed by atoms with Crippen LogP contribution in [0.25, 0.3) is 0 Å². The van der Waals surface area contributed by atoms with Crippen molar-refractivity contribution >= 4 is 0 Å². The highest BCUT2D eigenvalue weighted by molar-refractivity contribution is 5.09. The molecule has 96 valence electrons. The van der Waals surface area contributed by atoms with E-state index in [4.69, 9.17) is 5.73 Å². The Kier molecular flexibility index (Phi) is 4.89. The van der Waals surface area contributed by atoms with Crippen LogP contribution in [-0.4, -0.2) is 42.2 Å². The van der Waals surface area contributed by atoms with Crippen LogP contribution in [0.3, 0.4) is 0 Å². The highest BCUT2D eigenvalue weighted by atomic mass is 19.4. The largest absolute Gasteiger partial charge is 0.405 e. The van der Waals surface area contributed by atoms with Gasteiger partial charge in [0.25, 0.3) is 0 Å². The number of likely N-dealkylation sites (N-methyl/N-ethyl adjacent to an activating group) is 1. The lowest BCUT2D eigenvalue weighted by molar-refractivity contribution is -0.177. The van der Waals surface area contributed by atoms with Crippen molar-refractivity contribution in [3.05, 3.63) is 30.1 Å². The second-order valence-corrected chi connectivity index (χ2v) is 3.88. The van der Waals surface area contributed by atoms with E-state index in [1.54, 1.807) is 24.5 Å². The van der Waals surface area contributed by atoms with E-state index >= 15 is 0 Å². The average molecular weight is 247 g/mol. The minimum Gasteiger partial charge on any atom is -0.329 e. The number of pyridine rings is 1. The van der Waals surface area contributed by atoms with Gasteiger partial charge in [-0.05, 0) is 31.2 Å². The van der Waals surface area contributed by atoms with Crippen LogP contribution in [0.15, 0.2) is 24.5 Å². The van der Waals surface area contributed by atoms with Crippen molar-refractivity contribution in [3.8, 4) is 0 Å². The fraction of sp³-hybridized carbons (Fsp3) is 0.545.